The highest BCUT2D eigenvalue weighted by Gasteiger charge is 2.39. The van der Waals surface area contributed by atoms with E-state index < -0.39 is 11.5 Å². The van der Waals surface area contributed by atoms with Crippen molar-refractivity contribution < 1.29 is 14.3 Å². The summed E-state index contributed by atoms with van der Waals surface area (Å²) in [6.45, 7) is 3.39. The maximum atomic E-state index is 12.4. The predicted octanol–water partition coefficient (Wildman–Crippen LogP) is 3.15. The number of carbonyl (C=O) groups excluding carboxylic acids is 2. The van der Waals surface area contributed by atoms with E-state index in [0.29, 0.717) is 18.4 Å². The van der Waals surface area contributed by atoms with Gasteiger partial charge >= 0.3 is 5.97 Å². The smallest absolute Gasteiger partial charge is 0.338 e. The number of nitriles is 1. The van der Waals surface area contributed by atoms with E-state index >= 15 is 0 Å². The maximum absolute atomic E-state index is 12.4. The van der Waals surface area contributed by atoms with Crippen LogP contribution >= 0.6 is 0 Å². The Morgan fingerprint density at radius 2 is 1.92 bits per heavy atom. The van der Waals surface area contributed by atoms with Gasteiger partial charge in [-0.15, -0.1) is 0 Å². The number of nitrogens with zero attached hydrogens (tertiary/aromatic N) is 2. The van der Waals surface area contributed by atoms with Crippen LogP contribution in [0.1, 0.15) is 53.6 Å². The number of esters is 1. The normalized spacial score (nSPS) is 16.1. The Morgan fingerprint density at radius 3 is 2.54 bits per heavy atom. The van der Waals surface area contributed by atoms with Crippen LogP contribution in [0.5, 0.6) is 0 Å². The van der Waals surface area contributed by atoms with Crippen LogP contribution in [0.15, 0.2) is 18.2 Å². The van der Waals surface area contributed by atoms with Gasteiger partial charge in [0.1, 0.15) is 5.54 Å². The number of hydrogen-bond acceptors (Lipinski definition) is 4. The molecule has 1 aliphatic rings. The minimum atomic E-state index is -0.763. The number of hydrogen-bond donors (Lipinski definition) is 0. The zero-order valence-electron chi connectivity index (χ0n) is 14.6. The Balaban J connectivity index is 2.00. The Hall–Kier alpha value is -2.35. The summed E-state index contributed by atoms with van der Waals surface area (Å²) < 4.78 is 5.19. The number of carbonyl (C=O) groups is 2. The van der Waals surface area contributed by atoms with Crippen molar-refractivity contribution in [1.29, 1.82) is 5.26 Å². The molecule has 0 aromatic heterocycles. The van der Waals surface area contributed by atoms with Crippen molar-refractivity contribution in [2.45, 2.75) is 51.5 Å². The molecule has 128 valence electrons. The molecule has 1 saturated carbocycles. The minimum absolute atomic E-state index is 0.336. The summed E-state index contributed by atoms with van der Waals surface area (Å²) in [5.41, 5.74) is 1.48. The lowest BCUT2D eigenvalue weighted by Gasteiger charge is -2.38. The lowest BCUT2D eigenvalue weighted by atomic mass is 9.81. The lowest BCUT2D eigenvalue weighted by molar-refractivity contribution is -0.138. The number of ether oxygens (including phenoxy) is 1. The van der Waals surface area contributed by atoms with E-state index in [4.69, 9.17) is 4.74 Å². The average Bonchev–Trinajstić information content (AvgIpc) is 2.61. The number of amides is 1. The van der Waals surface area contributed by atoms with Gasteiger partial charge in [0.15, 0.2) is 6.61 Å². The third-order valence-corrected chi connectivity index (χ3v) is 4.84. The highest BCUT2D eigenvalue weighted by molar-refractivity contribution is 5.93. The molecule has 0 N–H and O–H groups in total. The van der Waals surface area contributed by atoms with Crippen molar-refractivity contribution in [3.8, 4) is 6.07 Å². The molecular weight excluding hydrogens is 304 g/mol. The molecule has 0 bridgehead atoms. The Morgan fingerprint density at radius 1 is 1.25 bits per heavy atom. The highest BCUT2D eigenvalue weighted by atomic mass is 16.5. The number of rotatable bonds is 4. The van der Waals surface area contributed by atoms with Gasteiger partial charge in [-0.25, -0.2) is 4.79 Å². The van der Waals surface area contributed by atoms with Crippen molar-refractivity contribution >= 4 is 11.9 Å². The second-order valence-electron chi connectivity index (χ2n) is 6.55. The lowest BCUT2D eigenvalue weighted by Crippen LogP contribution is -2.51. The SMILES string of the molecule is Cc1ccc(C)c(C(=O)OCC(=O)N(C)C2(C#N)CCCCC2)c1. The molecule has 0 spiro atoms. The van der Waals surface area contributed by atoms with Gasteiger partial charge in [0.05, 0.1) is 11.6 Å². The summed E-state index contributed by atoms with van der Waals surface area (Å²) in [6.07, 6.45) is 4.32. The van der Waals surface area contributed by atoms with E-state index in [-0.39, 0.29) is 12.5 Å². The van der Waals surface area contributed by atoms with Gasteiger partial charge in [0.2, 0.25) is 0 Å². The molecule has 0 atom stereocenters. The topological polar surface area (TPSA) is 70.4 Å². The Kier molecular flexibility index (Phi) is 5.61. The van der Waals surface area contributed by atoms with Gasteiger partial charge in [-0.3, -0.25) is 4.79 Å². The fourth-order valence-electron chi connectivity index (χ4n) is 3.16. The Labute approximate surface area is 143 Å². The summed E-state index contributed by atoms with van der Waals surface area (Å²) in [4.78, 5) is 26.1. The molecular formula is C19H24N2O3. The summed E-state index contributed by atoms with van der Waals surface area (Å²) in [7, 11) is 1.63. The first-order valence-electron chi connectivity index (χ1n) is 8.32. The molecule has 5 heteroatoms. The van der Waals surface area contributed by atoms with E-state index in [0.717, 1.165) is 30.4 Å². The van der Waals surface area contributed by atoms with Crippen LogP contribution in [0.2, 0.25) is 0 Å². The zero-order chi connectivity index (χ0) is 17.7. The van der Waals surface area contributed by atoms with Crippen LogP contribution in [0.4, 0.5) is 0 Å². The van der Waals surface area contributed by atoms with E-state index in [1.54, 1.807) is 13.1 Å². The molecule has 1 amide bonds. The fraction of sp³-hybridized carbons (Fsp3) is 0.526. The van der Waals surface area contributed by atoms with Gasteiger partial charge < -0.3 is 9.64 Å². The predicted molar refractivity (Wildman–Crippen MR) is 90.4 cm³/mol. The highest BCUT2D eigenvalue weighted by Crippen LogP contribution is 2.32. The van der Waals surface area contributed by atoms with Crippen LogP contribution < -0.4 is 0 Å². The van der Waals surface area contributed by atoms with Crippen LogP contribution in [-0.4, -0.2) is 36.0 Å². The van der Waals surface area contributed by atoms with E-state index in [9.17, 15) is 14.9 Å². The first kappa shape index (κ1) is 18.0. The summed E-state index contributed by atoms with van der Waals surface area (Å²) in [5.74, 6) is -0.843. The van der Waals surface area contributed by atoms with Gasteiger partial charge in [-0.05, 0) is 38.3 Å². The zero-order valence-corrected chi connectivity index (χ0v) is 14.6. The first-order valence-corrected chi connectivity index (χ1v) is 8.32. The third-order valence-electron chi connectivity index (χ3n) is 4.84. The molecule has 24 heavy (non-hydrogen) atoms. The van der Waals surface area contributed by atoms with E-state index in [2.05, 4.69) is 6.07 Å². The van der Waals surface area contributed by atoms with Crippen molar-refractivity contribution in [2.75, 3.05) is 13.7 Å². The van der Waals surface area contributed by atoms with Crippen molar-refractivity contribution in [3.63, 3.8) is 0 Å². The third kappa shape index (κ3) is 3.76. The quantitative estimate of drug-likeness (QED) is 0.796. The van der Waals surface area contributed by atoms with Crippen molar-refractivity contribution in [2.24, 2.45) is 0 Å². The molecule has 1 fully saturated rings. The first-order chi connectivity index (χ1) is 11.4. The number of likely N-dealkylation sites (N-methyl/N-ethyl adjacent to an activating group) is 1. The molecule has 0 aliphatic heterocycles. The molecule has 5 nitrogen and oxygen atoms in total. The molecule has 0 unspecified atom stereocenters. The van der Waals surface area contributed by atoms with Gasteiger partial charge in [-0.2, -0.15) is 5.26 Å². The molecule has 1 aromatic rings. The summed E-state index contributed by atoms with van der Waals surface area (Å²) in [5, 5.41) is 9.53. The summed E-state index contributed by atoms with van der Waals surface area (Å²) in [6, 6.07) is 7.83. The Bertz CT molecular complexity index is 670. The monoisotopic (exact) mass is 328 g/mol. The second kappa shape index (κ2) is 7.48. The number of aryl methyl sites for hydroxylation is 2. The van der Waals surface area contributed by atoms with E-state index in [1.807, 2.05) is 26.0 Å². The molecule has 0 radical (unpaired) electrons. The molecule has 0 heterocycles. The van der Waals surface area contributed by atoms with Gasteiger partial charge in [0.25, 0.3) is 5.91 Å². The van der Waals surface area contributed by atoms with Crippen LogP contribution in [0, 0.1) is 25.2 Å². The largest absolute Gasteiger partial charge is 0.452 e. The van der Waals surface area contributed by atoms with E-state index in [1.165, 1.54) is 4.90 Å². The minimum Gasteiger partial charge on any atom is -0.452 e. The fourth-order valence-corrected chi connectivity index (χ4v) is 3.16. The van der Waals surface area contributed by atoms with Crippen LogP contribution in [-0.2, 0) is 9.53 Å². The number of benzene rings is 1. The second-order valence-corrected chi connectivity index (χ2v) is 6.55. The van der Waals surface area contributed by atoms with Gasteiger partial charge in [-0.1, -0.05) is 37.0 Å². The van der Waals surface area contributed by atoms with Crippen molar-refractivity contribution in [3.05, 3.63) is 34.9 Å². The van der Waals surface area contributed by atoms with Crippen LogP contribution in [0.3, 0.4) is 0 Å². The summed E-state index contributed by atoms with van der Waals surface area (Å²) >= 11 is 0. The molecule has 0 saturated heterocycles. The average molecular weight is 328 g/mol. The van der Waals surface area contributed by atoms with Gasteiger partial charge in [0, 0.05) is 7.05 Å². The van der Waals surface area contributed by atoms with Crippen molar-refractivity contribution in [1.82, 2.24) is 4.90 Å². The molecule has 1 aliphatic carbocycles. The molecule has 2 rings (SSSR count). The maximum Gasteiger partial charge on any atom is 0.338 e. The van der Waals surface area contributed by atoms with Crippen LogP contribution in [0.25, 0.3) is 0 Å². The standard InChI is InChI=1S/C19H24N2O3/c1-14-7-8-15(2)16(11-14)18(23)24-12-17(22)21(3)19(13-20)9-5-4-6-10-19/h7-8,11H,4-6,9-10,12H2,1-3H3. The molecule has 1 aromatic carbocycles.